The lowest BCUT2D eigenvalue weighted by Crippen LogP contribution is -2.22. The number of aldehydes is 1. The molecule has 0 heterocycles. The molecule has 3 nitrogen and oxygen atoms in total. The van der Waals surface area contributed by atoms with Gasteiger partial charge in [0.15, 0.2) is 0 Å². The largest absolute Gasteiger partial charge is 0.352 e. The average Bonchev–Trinajstić information content (AvgIpc) is 2.27. The summed E-state index contributed by atoms with van der Waals surface area (Å²) in [5.41, 5.74) is 1.59. The Morgan fingerprint density at radius 3 is 2.53 bits per heavy atom. The third-order valence-corrected chi connectivity index (χ3v) is 2.12. The van der Waals surface area contributed by atoms with Crippen LogP contribution in [0.4, 0.5) is 0 Å². The van der Waals surface area contributed by atoms with Crippen LogP contribution in [-0.2, 0) is 11.3 Å². The molecular weight excluding hydrogens is 214 g/mol. The van der Waals surface area contributed by atoms with Crippen molar-refractivity contribution in [2.75, 3.05) is 5.88 Å². The van der Waals surface area contributed by atoms with Crippen molar-refractivity contribution >= 4 is 23.8 Å². The second-order valence-corrected chi connectivity index (χ2v) is 3.45. The van der Waals surface area contributed by atoms with Crippen LogP contribution in [0.3, 0.4) is 0 Å². The molecule has 4 heteroatoms. The Morgan fingerprint density at radius 2 is 2.00 bits per heavy atom. The van der Waals surface area contributed by atoms with Crippen LogP contribution in [0.1, 0.15) is 22.3 Å². The third kappa shape index (κ3) is 4.13. The van der Waals surface area contributed by atoms with E-state index in [1.54, 1.807) is 12.1 Å². The maximum absolute atomic E-state index is 11.1. The Morgan fingerprint density at radius 1 is 1.33 bits per heavy atom. The zero-order valence-corrected chi connectivity index (χ0v) is 8.96. The molecule has 0 aromatic heterocycles. The van der Waals surface area contributed by atoms with Gasteiger partial charge in [-0.3, -0.25) is 9.59 Å². The fourth-order valence-corrected chi connectivity index (χ4v) is 1.26. The van der Waals surface area contributed by atoms with Gasteiger partial charge >= 0.3 is 0 Å². The minimum atomic E-state index is -0.0653. The van der Waals surface area contributed by atoms with Gasteiger partial charge in [0.1, 0.15) is 6.29 Å². The molecule has 1 amide bonds. The maximum atomic E-state index is 11.1. The SMILES string of the molecule is O=Cc1ccc(CNC(=O)CCCl)cc1. The maximum Gasteiger partial charge on any atom is 0.221 e. The zero-order chi connectivity index (χ0) is 11.1. The van der Waals surface area contributed by atoms with E-state index in [1.807, 2.05) is 12.1 Å². The topological polar surface area (TPSA) is 46.2 Å². The predicted molar refractivity (Wildman–Crippen MR) is 59.0 cm³/mol. The van der Waals surface area contributed by atoms with E-state index in [4.69, 9.17) is 11.6 Å². The van der Waals surface area contributed by atoms with Gasteiger partial charge in [-0.25, -0.2) is 0 Å². The second-order valence-electron chi connectivity index (χ2n) is 3.08. The number of carbonyl (C=O) groups excluding carboxylic acids is 2. The Kier molecular flexibility index (Phi) is 4.84. The van der Waals surface area contributed by atoms with Crippen LogP contribution in [0.25, 0.3) is 0 Å². The van der Waals surface area contributed by atoms with Crippen LogP contribution in [0.2, 0.25) is 0 Å². The summed E-state index contributed by atoms with van der Waals surface area (Å²) in [6.45, 7) is 0.467. The van der Waals surface area contributed by atoms with Crippen molar-refractivity contribution in [2.24, 2.45) is 0 Å². The van der Waals surface area contributed by atoms with Crippen LogP contribution in [0.5, 0.6) is 0 Å². The molecule has 1 rings (SSSR count). The monoisotopic (exact) mass is 225 g/mol. The summed E-state index contributed by atoms with van der Waals surface area (Å²) in [4.78, 5) is 21.5. The van der Waals surface area contributed by atoms with Gasteiger partial charge in [0.25, 0.3) is 0 Å². The number of benzene rings is 1. The smallest absolute Gasteiger partial charge is 0.221 e. The highest BCUT2D eigenvalue weighted by Crippen LogP contribution is 2.02. The summed E-state index contributed by atoms with van der Waals surface area (Å²) in [7, 11) is 0. The molecule has 0 aliphatic heterocycles. The van der Waals surface area contributed by atoms with Gasteiger partial charge in [-0.1, -0.05) is 24.3 Å². The van der Waals surface area contributed by atoms with Crippen molar-refractivity contribution in [3.8, 4) is 0 Å². The van der Waals surface area contributed by atoms with Crippen molar-refractivity contribution in [2.45, 2.75) is 13.0 Å². The van der Waals surface area contributed by atoms with Crippen LogP contribution >= 0.6 is 11.6 Å². The fraction of sp³-hybridized carbons (Fsp3) is 0.273. The minimum Gasteiger partial charge on any atom is -0.352 e. The molecule has 0 saturated carbocycles. The van der Waals surface area contributed by atoms with Gasteiger partial charge in [-0.15, -0.1) is 11.6 Å². The summed E-state index contributed by atoms with van der Waals surface area (Å²) >= 11 is 5.42. The molecule has 0 saturated heterocycles. The van der Waals surface area contributed by atoms with E-state index in [0.29, 0.717) is 24.4 Å². The second kappa shape index (κ2) is 6.19. The van der Waals surface area contributed by atoms with Gasteiger partial charge in [-0.05, 0) is 5.56 Å². The van der Waals surface area contributed by atoms with Gasteiger partial charge in [-0.2, -0.15) is 0 Å². The molecule has 1 aromatic rings. The number of hydrogen-bond donors (Lipinski definition) is 1. The van der Waals surface area contributed by atoms with E-state index in [0.717, 1.165) is 11.8 Å². The summed E-state index contributed by atoms with van der Waals surface area (Å²) in [5, 5.41) is 2.73. The first-order chi connectivity index (χ1) is 7.26. The van der Waals surface area contributed by atoms with Crippen molar-refractivity contribution in [1.29, 1.82) is 0 Å². The van der Waals surface area contributed by atoms with E-state index in [9.17, 15) is 9.59 Å². The first kappa shape index (κ1) is 11.7. The highest BCUT2D eigenvalue weighted by molar-refractivity contribution is 6.18. The van der Waals surface area contributed by atoms with Crippen LogP contribution in [-0.4, -0.2) is 18.1 Å². The Balaban J connectivity index is 2.44. The van der Waals surface area contributed by atoms with Crippen LogP contribution < -0.4 is 5.32 Å². The highest BCUT2D eigenvalue weighted by atomic mass is 35.5. The van der Waals surface area contributed by atoms with Crippen LogP contribution in [0, 0.1) is 0 Å². The van der Waals surface area contributed by atoms with Gasteiger partial charge in [0, 0.05) is 24.4 Å². The number of alkyl halides is 1. The Hall–Kier alpha value is -1.35. The summed E-state index contributed by atoms with van der Waals surface area (Å²) in [6.07, 6.45) is 1.11. The first-order valence-electron chi connectivity index (χ1n) is 4.63. The molecule has 80 valence electrons. The Bertz CT molecular complexity index is 335. The minimum absolute atomic E-state index is 0.0653. The predicted octanol–water partition coefficient (Wildman–Crippen LogP) is 1.74. The number of hydrogen-bond acceptors (Lipinski definition) is 2. The van der Waals surface area contributed by atoms with Crippen molar-refractivity contribution in [3.05, 3.63) is 35.4 Å². The van der Waals surface area contributed by atoms with E-state index in [2.05, 4.69) is 5.32 Å². The fourth-order valence-electron chi connectivity index (χ4n) is 1.09. The molecular formula is C11H12ClNO2. The molecule has 1 N–H and O–H groups in total. The molecule has 0 spiro atoms. The number of nitrogens with one attached hydrogen (secondary N) is 1. The van der Waals surface area contributed by atoms with E-state index < -0.39 is 0 Å². The van der Waals surface area contributed by atoms with Crippen molar-refractivity contribution in [3.63, 3.8) is 0 Å². The summed E-state index contributed by atoms with van der Waals surface area (Å²) < 4.78 is 0. The molecule has 0 atom stereocenters. The van der Waals surface area contributed by atoms with Crippen LogP contribution in [0.15, 0.2) is 24.3 Å². The molecule has 15 heavy (non-hydrogen) atoms. The van der Waals surface area contributed by atoms with Gasteiger partial charge in [0.2, 0.25) is 5.91 Å². The third-order valence-electron chi connectivity index (χ3n) is 1.93. The van der Waals surface area contributed by atoms with Crippen molar-refractivity contribution in [1.82, 2.24) is 5.32 Å². The zero-order valence-electron chi connectivity index (χ0n) is 8.20. The van der Waals surface area contributed by atoms with Gasteiger partial charge in [0.05, 0.1) is 0 Å². The van der Waals surface area contributed by atoms with E-state index in [1.165, 1.54) is 0 Å². The number of carbonyl (C=O) groups is 2. The number of rotatable bonds is 5. The molecule has 0 radical (unpaired) electrons. The summed E-state index contributed by atoms with van der Waals surface area (Å²) in [6, 6.07) is 7.06. The summed E-state index contributed by atoms with van der Waals surface area (Å²) in [5.74, 6) is 0.264. The average molecular weight is 226 g/mol. The standard InChI is InChI=1S/C11H12ClNO2/c12-6-5-11(15)13-7-9-1-3-10(8-14)4-2-9/h1-4,8H,5-7H2,(H,13,15). The number of halogens is 1. The molecule has 0 bridgehead atoms. The van der Waals surface area contributed by atoms with Crippen molar-refractivity contribution < 1.29 is 9.59 Å². The number of amides is 1. The molecule has 0 aliphatic rings. The first-order valence-corrected chi connectivity index (χ1v) is 5.16. The van der Waals surface area contributed by atoms with Gasteiger partial charge < -0.3 is 5.32 Å². The lowest BCUT2D eigenvalue weighted by atomic mass is 10.1. The lowest BCUT2D eigenvalue weighted by molar-refractivity contribution is -0.120. The van der Waals surface area contributed by atoms with E-state index >= 15 is 0 Å². The molecule has 0 unspecified atom stereocenters. The normalized spacial score (nSPS) is 9.67. The molecule has 0 fully saturated rings. The molecule has 1 aromatic carbocycles. The van der Waals surface area contributed by atoms with E-state index in [-0.39, 0.29) is 5.91 Å². The Labute approximate surface area is 93.4 Å². The molecule has 0 aliphatic carbocycles. The quantitative estimate of drug-likeness (QED) is 0.613. The lowest BCUT2D eigenvalue weighted by Gasteiger charge is -2.03. The highest BCUT2D eigenvalue weighted by Gasteiger charge is 1.99.